The summed E-state index contributed by atoms with van der Waals surface area (Å²) in [6.45, 7) is 3.97. The summed E-state index contributed by atoms with van der Waals surface area (Å²) in [7, 11) is 0. The third-order valence-electron chi connectivity index (χ3n) is 3.07. The van der Waals surface area contributed by atoms with Gasteiger partial charge in [-0.2, -0.15) is 0 Å². The largest absolute Gasteiger partial charge is 0.394 e. The molecule has 1 aliphatic heterocycles. The predicted molar refractivity (Wildman–Crippen MR) is 70.4 cm³/mol. The Labute approximate surface area is 114 Å². The molecule has 0 aliphatic carbocycles. The van der Waals surface area contributed by atoms with E-state index in [9.17, 15) is 0 Å². The van der Waals surface area contributed by atoms with Crippen molar-refractivity contribution in [1.29, 1.82) is 0 Å². The minimum absolute atomic E-state index is 0.526. The van der Waals surface area contributed by atoms with E-state index in [1.807, 2.05) is 0 Å². The maximum absolute atomic E-state index is 9.12. The lowest BCUT2D eigenvalue weighted by Gasteiger charge is -2.37. The van der Waals surface area contributed by atoms with Crippen molar-refractivity contribution in [3.63, 3.8) is 0 Å². The fourth-order valence-corrected chi connectivity index (χ4v) is 1.76. The van der Waals surface area contributed by atoms with Crippen molar-refractivity contribution < 1.29 is 30.3 Å². The van der Waals surface area contributed by atoms with E-state index >= 15 is 0 Å². The van der Waals surface area contributed by atoms with Crippen LogP contribution in [0.25, 0.3) is 0 Å². The third kappa shape index (κ3) is 6.65. The van der Waals surface area contributed by atoms with Crippen molar-refractivity contribution in [3.8, 4) is 0 Å². The molecule has 0 bridgehead atoms. The summed E-state index contributed by atoms with van der Waals surface area (Å²) in [6.07, 6.45) is -0.0321. The van der Waals surface area contributed by atoms with Gasteiger partial charge in [-0.05, 0) is 0 Å². The standard InChI is InChI=1S/C7H16.C6H12O6/c1-3-5-7-6-4-2;7-1-2-3(8)4(9)5(10)6(11)12-2/h3-7H2,1-2H3;2-11H,1H2/t;2-,3-,4+,5-,6-/m.1/s1. The third-order valence-corrected chi connectivity index (χ3v) is 3.07. The van der Waals surface area contributed by atoms with Gasteiger partial charge in [-0.25, -0.2) is 0 Å². The molecule has 0 unspecified atom stereocenters. The molecule has 1 rings (SSSR count). The van der Waals surface area contributed by atoms with E-state index in [2.05, 4.69) is 18.6 Å². The molecule has 0 amide bonds. The van der Waals surface area contributed by atoms with Crippen LogP contribution in [0.1, 0.15) is 46.0 Å². The molecule has 19 heavy (non-hydrogen) atoms. The predicted octanol–water partition coefficient (Wildman–Crippen LogP) is -0.245. The van der Waals surface area contributed by atoms with E-state index < -0.39 is 37.3 Å². The molecule has 0 aromatic carbocycles. The second-order valence-corrected chi connectivity index (χ2v) is 4.78. The molecule has 6 nitrogen and oxygen atoms in total. The Morgan fingerprint density at radius 3 is 1.74 bits per heavy atom. The van der Waals surface area contributed by atoms with Crippen molar-refractivity contribution >= 4 is 0 Å². The fourth-order valence-electron chi connectivity index (χ4n) is 1.76. The highest BCUT2D eigenvalue weighted by Crippen LogP contribution is 2.18. The Morgan fingerprint density at radius 1 is 0.789 bits per heavy atom. The number of hydrogen-bond acceptors (Lipinski definition) is 6. The van der Waals surface area contributed by atoms with Gasteiger partial charge in [0, 0.05) is 0 Å². The molecule has 0 aromatic rings. The summed E-state index contributed by atoms with van der Waals surface area (Å²) in [5.74, 6) is 0. The Bertz CT molecular complexity index is 205. The lowest BCUT2D eigenvalue weighted by atomic mass is 10.00. The lowest BCUT2D eigenvalue weighted by Crippen LogP contribution is -2.58. The zero-order valence-corrected chi connectivity index (χ0v) is 11.8. The molecule has 0 saturated carbocycles. The van der Waals surface area contributed by atoms with Crippen molar-refractivity contribution in [2.24, 2.45) is 0 Å². The molecule has 0 aromatic heterocycles. The number of aliphatic hydroxyl groups is 5. The number of aliphatic hydroxyl groups excluding tert-OH is 5. The summed E-state index contributed by atoms with van der Waals surface area (Å²) < 4.78 is 4.58. The first-order valence-electron chi connectivity index (χ1n) is 6.98. The zero-order valence-electron chi connectivity index (χ0n) is 11.8. The van der Waals surface area contributed by atoms with Crippen LogP contribution in [0.2, 0.25) is 0 Å². The van der Waals surface area contributed by atoms with Crippen LogP contribution in [-0.4, -0.2) is 62.8 Å². The summed E-state index contributed by atoms with van der Waals surface area (Å²) >= 11 is 0. The number of rotatable bonds is 5. The first-order valence-corrected chi connectivity index (χ1v) is 6.98. The summed E-state index contributed by atoms with van der Waals surface area (Å²) in [5.41, 5.74) is 0. The van der Waals surface area contributed by atoms with Gasteiger partial charge in [-0.3, -0.25) is 0 Å². The smallest absolute Gasteiger partial charge is 0.184 e. The topological polar surface area (TPSA) is 110 Å². The maximum atomic E-state index is 9.12. The van der Waals surface area contributed by atoms with Gasteiger partial charge in [-0.1, -0.05) is 46.0 Å². The molecular weight excluding hydrogens is 252 g/mol. The van der Waals surface area contributed by atoms with Gasteiger partial charge >= 0.3 is 0 Å². The summed E-state index contributed by atoms with van der Waals surface area (Å²) in [6, 6.07) is 0. The normalized spacial score (nSPS) is 34.6. The average molecular weight is 280 g/mol. The Morgan fingerprint density at radius 2 is 1.32 bits per heavy atom. The van der Waals surface area contributed by atoms with Gasteiger partial charge in [0.05, 0.1) is 6.61 Å². The van der Waals surface area contributed by atoms with Crippen molar-refractivity contribution in [2.45, 2.75) is 76.7 Å². The molecule has 1 aliphatic rings. The van der Waals surface area contributed by atoms with Gasteiger partial charge in [0.15, 0.2) is 6.29 Å². The SMILES string of the molecule is CCCCCCC.OC[C@H]1O[C@@H](O)[C@H](O)[C@@H](O)[C@@H]1O. The second-order valence-electron chi connectivity index (χ2n) is 4.78. The molecule has 5 atom stereocenters. The lowest BCUT2D eigenvalue weighted by molar-refractivity contribution is -0.286. The first-order chi connectivity index (χ1) is 8.99. The molecule has 6 heteroatoms. The molecule has 0 radical (unpaired) electrons. The minimum Gasteiger partial charge on any atom is -0.394 e. The molecule has 5 N–H and O–H groups in total. The van der Waals surface area contributed by atoms with Gasteiger partial charge in [0.1, 0.15) is 24.4 Å². The Kier molecular flexibility index (Phi) is 10.4. The summed E-state index contributed by atoms with van der Waals surface area (Å²) in [4.78, 5) is 0. The van der Waals surface area contributed by atoms with Crippen LogP contribution in [0.15, 0.2) is 0 Å². The van der Waals surface area contributed by atoms with E-state index in [1.54, 1.807) is 0 Å². The maximum Gasteiger partial charge on any atom is 0.184 e. The molecule has 0 spiro atoms. The molecular formula is C13H28O6. The van der Waals surface area contributed by atoms with E-state index in [0.29, 0.717) is 0 Å². The summed E-state index contributed by atoms with van der Waals surface area (Å²) in [5, 5.41) is 44.7. The van der Waals surface area contributed by atoms with E-state index in [0.717, 1.165) is 0 Å². The van der Waals surface area contributed by atoms with Crippen LogP contribution in [0.4, 0.5) is 0 Å². The second kappa shape index (κ2) is 10.5. The molecule has 1 heterocycles. The highest BCUT2D eigenvalue weighted by Gasteiger charge is 2.42. The van der Waals surface area contributed by atoms with E-state index in [-0.39, 0.29) is 0 Å². The van der Waals surface area contributed by atoms with Crippen LogP contribution in [0.5, 0.6) is 0 Å². The van der Waals surface area contributed by atoms with Crippen LogP contribution in [-0.2, 0) is 4.74 Å². The number of ether oxygens (including phenoxy) is 1. The molecule has 1 saturated heterocycles. The van der Waals surface area contributed by atoms with Crippen molar-refractivity contribution in [3.05, 3.63) is 0 Å². The zero-order chi connectivity index (χ0) is 14.8. The van der Waals surface area contributed by atoms with Crippen molar-refractivity contribution in [1.82, 2.24) is 0 Å². The van der Waals surface area contributed by atoms with Gasteiger partial charge in [-0.15, -0.1) is 0 Å². The average Bonchev–Trinajstić information content (AvgIpc) is 2.42. The van der Waals surface area contributed by atoms with Crippen LogP contribution in [0, 0.1) is 0 Å². The first kappa shape index (κ1) is 18.8. The van der Waals surface area contributed by atoms with Crippen LogP contribution < -0.4 is 0 Å². The van der Waals surface area contributed by atoms with Gasteiger partial charge in [0.25, 0.3) is 0 Å². The number of hydrogen-bond donors (Lipinski definition) is 5. The quantitative estimate of drug-likeness (QED) is 0.444. The van der Waals surface area contributed by atoms with Gasteiger partial charge < -0.3 is 30.3 Å². The van der Waals surface area contributed by atoms with Gasteiger partial charge in [0.2, 0.25) is 0 Å². The van der Waals surface area contributed by atoms with Crippen LogP contribution in [0.3, 0.4) is 0 Å². The van der Waals surface area contributed by atoms with Crippen LogP contribution >= 0.6 is 0 Å². The highest BCUT2D eigenvalue weighted by atomic mass is 16.6. The fraction of sp³-hybridized carbons (Fsp3) is 1.00. The van der Waals surface area contributed by atoms with E-state index in [4.69, 9.17) is 25.5 Å². The molecule has 1 fully saturated rings. The minimum atomic E-state index is -1.57. The monoisotopic (exact) mass is 280 g/mol. The van der Waals surface area contributed by atoms with Crippen molar-refractivity contribution in [2.75, 3.05) is 6.61 Å². The molecule has 116 valence electrons. The highest BCUT2D eigenvalue weighted by molar-refractivity contribution is 4.87. The Balaban J connectivity index is 0.000000399. The number of unbranched alkanes of at least 4 members (excludes halogenated alkanes) is 4. The van der Waals surface area contributed by atoms with E-state index in [1.165, 1.54) is 32.1 Å². The Hall–Kier alpha value is -0.240.